The molecule has 0 aromatic heterocycles. The summed E-state index contributed by atoms with van der Waals surface area (Å²) in [5, 5.41) is 23.1. The molecule has 156 valence electrons. The van der Waals surface area contributed by atoms with Crippen molar-refractivity contribution in [3.8, 4) is 6.07 Å². The summed E-state index contributed by atoms with van der Waals surface area (Å²) < 4.78 is 0. The summed E-state index contributed by atoms with van der Waals surface area (Å²) >= 11 is 0. The fourth-order valence-corrected chi connectivity index (χ4v) is 5.17. The third-order valence-corrected chi connectivity index (χ3v) is 6.51. The minimum absolute atomic E-state index is 0.243. The van der Waals surface area contributed by atoms with Gasteiger partial charge in [-0.25, -0.2) is 0 Å². The molecule has 0 unspecified atom stereocenters. The van der Waals surface area contributed by atoms with Gasteiger partial charge in [0.15, 0.2) is 11.9 Å². The number of hydrogen-bond donors (Lipinski definition) is 0. The Labute approximate surface area is 185 Å². The average molecular weight is 421 g/mol. The van der Waals surface area contributed by atoms with E-state index in [1.165, 1.54) is 0 Å². The van der Waals surface area contributed by atoms with E-state index in [0.29, 0.717) is 16.7 Å². The van der Waals surface area contributed by atoms with Crippen molar-refractivity contribution in [1.29, 1.82) is 5.26 Å². The molecule has 6 nitrogen and oxygen atoms in total. The molecule has 0 amide bonds. The van der Waals surface area contributed by atoms with Gasteiger partial charge in [0.05, 0.1) is 5.92 Å². The molecule has 0 N–H and O–H groups in total. The van der Waals surface area contributed by atoms with Crippen molar-refractivity contribution in [2.45, 2.75) is 23.5 Å². The molecular weight excluding hydrogens is 402 g/mol. The van der Waals surface area contributed by atoms with Crippen LogP contribution in [0.5, 0.6) is 0 Å². The number of Topliss-reactive ketones (excluding diaryl/α,β-unsaturated/α-hetero) is 1. The summed E-state index contributed by atoms with van der Waals surface area (Å²) in [5.41, 5.74) is 0.506. The predicted molar refractivity (Wildman–Crippen MR) is 119 cm³/mol. The number of ketones is 1. The Hall–Kier alpha value is -4.24. The second kappa shape index (κ2) is 7.47. The monoisotopic (exact) mass is 421 g/mol. The van der Waals surface area contributed by atoms with Crippen LogP contribution in [0.25, 0.3) is 6.08 Å². The number of nitrogens with zero attached hydrogens (tertiary/aromatic N) is 3. The van der Waals surface area contributed by atoms with E-state index >= 15 is 0 Å². The molecule has 0 spiro atoms. The van der Waals surface area contributed by atoms with Gasteiger partial charge in [-0.2, -0.15) is 5.26 Å². The molecule has 5 rings (SSSR count). The van der Waals surface area contributed by atoms with E-state index < -0.39 is 28.5 Å². The number of hydrogen-bond acceptors (Lipinski definition) is 5. The summed E-state index contributed by atoms with van der Waals surface area (Å²) in [6, 6.07) is 25.3. The van der Waals surface area contributed by atoms with Crippen LogP contribution in [0.2, 0.25) is 0 Å². The highest BCUT2D eigenvalue weighted by Crippen LogP contribution is 2.56. The molecule has 0 bridgehead atoms. The van der Waals surface area contributed by atoms with Crippen molar-refractivity contribution in [1.82, 2.24) is 4.90 Å². The summed E-state index contributed by atoms with van der Waals surface area (Å²) in [7, 11) is 0. The maximum atomic E-state index is 13.8. The number of nitro groups is 1. The SMILES string of the molecule is N#C[C@]1([N+](=O)[O-])[C@H](c2ccccc2)[C@@H](C(=O)c2ccccc2)N2C=Cc3ccccc3[C@@H]21. The number of carbonyl (C=O) groups is 1. The molecule has 3 aromatic rings. The van der Waals surface area contributed by atoms with E-state index in [0.717, 1.165) is 5.56 Å². The zero-order chi connectivity index (χ0) is 22.3. The molecule has 1 fully saturated rings. The lowest BCUT2D eigenvalue weighted by Gasteiger charge is -2.33. The first-order valence-electron chi connectivity index (χ1n) is 10.3. The van der Waals surface area contributed by atoms with Crippen LogP contribution in [0.3, 0.4) is 0 Å². The first-order valence-corrected chi connectivity index (χ1v) is 10.3. The van der Waals surface area contributed by atoms with Gasteiger partial charge in [0.25, 0.3) is 0 Å². The standard InChI is InChI=1S/C26H19N3O3/c27-17-26(29(31)32)22(19-10-3-1-4-11-19)23(24(30)20-12-5-2-6-13-20)28-16-15-18-9-7-8-14-21(18)25(26)28/h1-16,22-23,25H/t22-,23+,25-,26+/m1/s1. The number of fused-ring (bicyclic) bond motifs is 3. The lowest BCUT2D eigenvalue weighted by Crippen LogP contribution is -2.46. The smallest absolute Gasteiger partial charge is 0.338 e. The summed E-state index contributed by atoms with van der Waals surface area (Å²) in [5.74, 6) is -1.20. The highest BCUT2D eigenvalue weighted by atomic mass is 16.6. The fourth-order valence-electron chi connectivity index (χ4n) is 5.17. The highest BCUT2D eigenvalue weighted by Gasteiger charge is 2.71. The average Bonchev–Trinajstić information content (AvgIpc) is 3.16. The Morgan fingerprint density at radius 1 is 0.969 bits per heavy atom. The molecule has 0 saturated carbocycles. The Morgan fingerprint density at radius 2 is 1.59 bits per heavy atom. The van der Waals surface area contributed by atoms with Gasteiger partial charge in [-0.15, -0.1) is 0 Å². The van der Waals surface area contributed by atoms with E-state index in [1.807, 2.05) is 42.5 Å². The molecule has 0 radical (unpaired) electrons. The van der Waals surface area contributed by atoms with Crippen molar-refractivity contribution in [2.24, 2.45) is 0 Å². The lowest BCUT2D eigenvalue weighted by molar-refractivity contribution is -0.559. The second-order valence-electron chi connectivity index (χ2n) is 8.05. The second-order valence-corrected chi connectivity index (χ2v) is 8.05. The van der Waals surface area contributed by atoms with Crippen LogP contribution < -0.4 is 0 Å². The van der Waals surface area contributed by atoms with Crippen LogP contribution in [0.15, 0.2) is 91.1 Å². The van der Waals surface area contributed by atoms with Gasteiger partial charge in [0, 0.05) is 16.7 Å². The van der Waals surface area contributed by atoms with Crippen LogP contribution in [-0.2, 0) is 0 Å². The summed E-state index contributed by atoms with van der Waals surface area (Å²) in [4.78, 5) is 27.8. The zero-order valence-electron chi connectivity index (χ0n) is 17.0. The predicted octanol–water partition coefficient (Wildman–Crippen LogP) is 4.60. The van der Waals surface area contributed by atoms with E-state index in [-0.39, 0.29) is 5.78 Å². The normalized spacial score (nSPS) is 25.5. The van der Waals surface area contributed by atoms with Crippen molar-refractivity contribution >= 4 is 11.9 Å². The van der Waals surface area contributed by atoms with Crippen molar-refractivity contribution in [2.75, 3.05) is 0 Å². The topological polar surface area (TPSA) is 87.2 Å². The molecule has 2 aliphatic heterocycles. The number of benzene rings is 3. The molecule has 32 heavy (non-hydrogen) atoms. The van der Waals surface area contributed by atoms with Crippen molar-refractivity contribution < 1.29 is 9.72 Å². The van der Waals surface area contributed by atoms with Crippen molar-refractivity contribution in [3.05, 3.63) is 123 Å². The molecule has 2 heterocycles. The van der Waals surface area contributed by atoms with Gasteiger partial charge in [-0.3, -0.25) is 14.9 Å². The molecule has 2 aliphatic rings. The van der Waals surface area contributed by atoms with Crippen LogP contribution in [-0.4, -0.2) is 27.2 Å². The molecule has 0 aliphatic carbocycles. The van der Waals surface area contributed by atoms with E-state index in [9.17, 15) is 20.2 Å². The lowest BCUT2D eigenvalue weighted by atomic mass is 9.73. The Bertz CT molecular complexity index is 1270. The minimum atomic E-state index is -2.04. The van der Waals surface area contributed by atoms with Crippen molar-refractivity contribution in [3.63, 3.8) is 0 Å². The third kappa shape index (κ3) is 2.68. The van der Waals surface area contributed by atoms with E-state index in [2.05, 4.69) is 6.07 Å². The summed E-state index contributed by atoms with van der Waals surface area (Å²) in [6.07, 6.45) is 3.59. The molecule has 3 aromatic carbocycles. The molecule has 4 atom stereocenters. The van der Waals surface area contributed by atoms with Gasteiger partial charge >= 0.3 is 5.54 Å². The molecule has 6 heteroatoms. The van der Waals surface area contributed by atoms with Gasteiger partial charge in [0.2, 0.25) is 0 Å². The van der Waals surface area contributed by atoms with Gasteiger partial charge in [-0.1, -0.05) is 84.9 Å². The number of rotatable bonds is 4. The maximum Gasteiger partial charge on any atom is 0.338 e. The highest BCUT2D eigenvalue weighted by molar-refractivity contribution is 6.01. The first-order chi connectivity index (χ1) is 15.6. The summed E-state index contributed by atoms with van der Waals surface area (Å²) in [6.45, 7) is 0. The van der Waals surface area contributed by atoms with E-state index in [1.54, 1.807) is 59.6 Å². The van der Waals surface area contributed by atoms with Crippen LogP contribution in [0, 0.1) is 21.4 Å². The maximum absolute atomic E-state index is 13.8. The quantitative estimate of drug-likeness (QED) is 0.349. The third-order valence-electron chi connectivity index (χ3n) is 6.51. The largest absolute Gasteiger partial charge is 0.351 e. The molecule has 1 saturated heterocycles. The zero-order valence-corrected chi connectivity index (χ0v) is 17.0. The Morgan fingerprint density at radius 3 is 2.25 bits per heavy atom. The minimum Gasteiger partial charge on any atom is -0.351 e. The van der Waals surface area contributed by atoms with Gasteiger partial charge in [-0.05, 0) is 22.8 Å². The Balaban J connectivity index is 1.80. The van der Waals surface area contributed by atoms with Gasteiger partial charge < -0.3 is 4.90 Å². The van der Waals surface area contributed by atoms with Crippen LogP contribution in [0.1, 0.15) is 39.0 Å². The van der Waals surface area contributed by atoms with E-state index in [4.69, 9.17) is 0 Å². The first kappa shape index (κ1) is 19.7. The van der Waals surface area contributed by atoms with Crippen LogP contribution >= 0.6 is 0 Å². The number of nitriles is 1. The fraction of sp³-hybridized carbons (Fsp3) is 0.154. The Kier molecular flexibility index (Phi) is 4.60. The van der Waals surface area contributed by atoms with Gasteiger partial charge in [0.1, 0.15) is 12.1 Å². The van der Waals surface area contributed by atoms with Crippen LogP contribution in [0.4, 0.5) is 0 Å². The molecular formula is C26H19N3O3. The number of carbonyl (C=O) groups excluding carboxylic acids is 1.